The minimum absolute atomic E-state index is 0.0414. The van der Waals surface area contributed by atoms with Gasteiger partial charge in [-0.1, -0.05) is 29.3 Å². The lowest BCUT2D eigenvalue weighted by Gasteiger charge is -2.04. The van der Waals surface area contributed by atoms with Crippen molar-refractivity contribution < 1.29 is 12.6 Å². The van der Waals surface area contributed by atoms with E-state index in [1.54, 1.807) is 12.1 Å². The monoisotopic (exact) mass is 372 g/mol. The van der Waals surface area contributed by atoms with Gasteiger partial charge in [0.1, 0.15) is 0 Å². The van der Waals surface area contributed by atoms with Gasteiger partial charge in [0.05, 0.1) is 11.5 Å². The molecule has 0 fully saturated rings. The second-order valence-electron chi connectivity index (χ2n) is 3.09. The van der Waals surface area contributed by atoms with E-state index in [4.69, 9.17) is 15.8 Å². The van der Waals surface area contributed by atoms with E-state index < -0.39 is 10.1 Å². The molecular formula is C10H10ClIO3S. The highest BCUT2D eigenvalue weighted by Gasteiger charge is 2.14. The van der Waals surface area contributed by atoms with E-state index in [-0.39, 0.29) is 11.5 Å². The summed E-state index contributed by atoms with van der Waals surface area (Å²) in [6, 6.07) is 6.47. The number of halogens is 2. The topological polar surface area (TPSA) is 43.4 Å². The Hall–Kier alpha value is -0.110. The van der Waals surface area contributed by atoms with Crippen LogP contribution >= 0.6 is 34.2 Å². The first-order valence-corrected chi connectivity index (χ1v) is 7.29. The molecule has 0 radical (unpaired) electrons. The van der Waals surface area contributed by atoms with Gasteiger partial charge in [0.2, 0.25) is 0 Å². The molecule has 0 heterocycles. The maximum atomic E-state index is 11.7. The van der Waals surface area contributed by atoms with Gasteiger partial charge in [-0.3, -0.25) is 4.18 Å². The lowest BCUT2D eigenvalue weighted by atomic mass is 10.2. The van der Waals surface area contributed by atoms with Crippen molar-refractivity contribution >= 4 is 44.3 Å². The Balaban J connectivity index is 2.82. The van der Waals surface area contributed by atoms with Gasteiger partial charge >= 0.3 is 0 Å². The minimum Gasteiger partial charge on any atom is -0.261 e. The molecule has 0 amide bonds. The molecule has 0 aliphatic heterocycles. The third kappa shape index (κ3) is 4.04. The first-order chi connectivity index (χ1) is 7.45. The summed E-state index contributed by atoms with van der Waals surface area (Å²) in [6.45, 7) is 1.84. The molecule has 0 aliphatic carbocycles. The Morgan fingerprint density at radius 2 is 2.00 bits per heavy atom. The number of hydrogen-bond acceptors (Lipinski definition) is 3. The summed E-state index contributed by atoms with van der Waals surface area (Å²) in [5, 5.41) is 0. The molecule has 1 aromatic rings. The maximum Gasteiger partial charge on any atom is 0.297 e. The quantitative estimate of drug-likeness (QED) is 0.602. The van der Waals surface area contributed by atoms with Crippen LogP contribution in [-0.4, -0.2) is 15.0 Å². The second kappa shape index (κ2) is 6.00. The summed E-state index contributed by atoms with van der Waals surface area (Å²) < 4.78 is 28.8. The standard InChI is InChI=1S/C10H10ClIO3S/c1-8-2-4-10(5-3-8)16(13,14)15-7-9(12)6-11/h2-6H,7H2,1H3/b9-6-. The van der Waals surface area contributed by atoms with Gasteiger partial charge in [-0.05, 0) is 41.6 Å². The van der Waals surface area contributed by atoms with Crippen LogP contribution in [0.4, 0.5) is 0 Å². The van der Waals surface area contributed by atoms with E-state index in [1.807, 2.05) is 29.5 Å². The molecule has 3 nitrogen and oxygen atoms in total. The fourth-order valence-electron chi connectivity index (χ4n) is 0.938. The molecule has 0 atom stereocenters. The average molecular weight is 373 g/mol. The zero-order chi connectivity index (χ0) is 12.2. The summed E-state index contributed by atoms with van der Waals surface area (Å²) in [4.78, 5) is 0.150. The minimum atomic E-state index is -3.69. The van der Waals surface area contributed by atoms with Gasteiger partial charge in [0, 0.05) is 9.12 Å². The van der Waals surface area contributed by atoms with Gasteiger partial charge in [0.25, 0.3) is 10.1 Å². The van der Waals surface area contributed by atoms with E-state index in [2.05, 4.69) is 0 Å². The largest absolute Gasteiger partial charge is 0.297 e. The first kappa shape index (κ1) is 14.0. The summed E-state index contributed by atoms with van der Waals surface area (Å²) in [5.74, 6) is 0. The van der Waals surface area contributed by atoms with Crippen molar-refractivity contribution in [2.24, 2.45) is 0 Å². The number of benzene rings is 1. The molecule has 6 heteroatoms. The fourth-order valence-corrected chi connectivity index (χ4v) is 2.26. The molecule has 16 heavy (non-hydrogen) atoms. The van der Waals surface area contributed by atoms with Crippen molar-refractivity contribution in [2.45, 2.75) is 11.8 Å². The first-order valence-electron chi connectivity index (χ1n) is 4.36. The van der Waals surface area contributed by atoms with Crippen molar-refractivity contribution in [1.29, 1.82) is 0 Å². The third-order valence-electron chi connectivity index (χ3n) is 1.78. The van der Waals surface area contributed by atoms with Crippen LogP contribution in [0.2, 0.25) is 0 Å². The van der Waals surface area contributed by atoms with Crippen molar-refractivity contribution in [2.75, 3.05) is 6.61 Å². The summed E-state index contributed by atoms with van der Waals surface area (Å²) in [6.07, 6.45) is 0. The molecule has 0 aromatic heterocycles. The Morgan fingerprint density at radius 3 is 2.50 bits per heavy atom. The van der Waals surface area contributed by atoms with Crippen LogP contribution in [0.1, 0.15) is 5.56 Å². The number of aryl methyl sites for hydroxylation is 1. The predicted octanol–water partition coefficient (Wildman–Crippen LogP) is 3.22. The van der Waals surface area contributed by atoms with E-state index in [0.717, 1.165) is 5.56 Å². The average Bonchev–Trinajstić information content (AvgIpc) is 2.26. The van der Waals surface area contributed by atoms with Crippen LogP contribution in [0.3, 0.4) is 0 Å². The zero-order valence-electron chi connectivity index (χ0n) is 8.48. The highest BCUT2D eigenvalue weighted by Crippen LogP contribution is 2.16. The normalized spacial score (nSPS) is 12.8. The SMILES string of the molecule is Cc1ccc(S(=O)(=O)OC/C(I)=C/Cl)cc1. The van der Waals surface area contributed by atoms with Crippen molar-refractivity contribution in [1.82, 2.24) is 0 Å². The highest BCUT2D eigenvalue weighted by atomic mass is 127. The third-order valence-corrected chi connectivity index (χ3v) is 4.31. The summed E-state index contributed by atoms with van der Waals surface area (Å²) in [5.41, 5.74) is 2.28. The van der Waals surface area contributed by atoms with Crippen LogP contribution in [0.25, 0.3) is 0 Å². The number of hydrogen-bond donors (Lipinski definition) is 0. The maximum absolute atomic E-state index is 11.7. The molecule has 1 aromatic carbocycles. The summed E-state index contributed by atoms with van der Waals surface area (Å²) >= 11 is 7.31. The molecular weight excluding hydrogens is 363 g/mol. The van der Waals surface area contributed by atoms with Crippen molar-refractivity contribution in [3.8, 4) is 0 Å². The highest BCUT2D eigenvalue weighted by molar-refractivity contribution is 14.1. The molecule has 0 saturated heterocycles. The molecule has 0 spiro atoms. The predicted molar refractivity (Wildman–Crippen MR) is 72.3 cm³/mol. The molecule has 0 saturated carbocycles. The van der Waals surface area contributed by atoms with Crippen LogP contribution in [0.5, 0.6) is 0 Å². The smallest absolute Gasteiger partial charge is 0.261 e. The van der Waals surface area contributed by atoms with Gasteiger partial charge < -0.3 is 0 Å². The zero-order valence-corrected chi connectivity index (χ0v) is 12.2. The van der Waals surface area contributed by atoms with Gasteiger partial charge in [-0.25, -0.2) is 0 Å². The Kier molecular flexibility index (Phi) is 5.23. The van der Waals surface area contributed by atoms with E-state index in [0.29, 0.717) is 3.58 Å². The molecule has 0 N–H and O–H groups in total. The van der Waals surface area contributed by atoms with Gasteiger partial charge in [-0.2, -0.15) is 8.42 Å². The van der Waals surface area contributed by atoms with Crippen molar-refractivity contribution in [3.05, 3.63) is 38.9 Å². The van der Waals surface area contributed by atoms with E-state index in [1.165, 1.54) is 17.7 Å². The molecule has 88 valence electrons. The Bertz CT molecular complexity index is 479. The fraction of sp³-hybridized carbons (Fsp3) is 0.200. The van der Waals surface area contributed by atoms with Crippen LogP contribution in [0, 0.1) is 6.92 Å². The van der Waals surface area contributed by atoms with Crippen LogP contribution < -0.4 is 0 Å². The van der Waals surface area contributed by atoms with E-state index >= 15 is 0 Å². The van der Waals surface area contributed by atoms with Gasteiger partial charge in [0.15, 0.2) is 0 Å². The Labute approximate surface area is 114 Å². The Morgan fingerprint density at radius 1 is 1.44 bits per heavy atom. The molecule has 0 aliphatic rings. The van der Waals surface area contributed by atoms with Gasteiger partial charge in [-0.15, -0.1) is 0 Å². The molecule has 0 bridgehead atoms. The van der Waals surface area contributed by atoms with Crippen LogP contribution in [-0.2, 0) is 14.3 Å². The summed E-state index contributed by atoms with van der Waals surface area (Å²) in [7, 11) is -3.69. The second-order valence-corrected chi connectivity index (χ2v) is 6.30. The molecule has 0 unspecified atom stereocenters. The molecule has 1 rings (SSSR count). The lowest BCUT2D eigenvalue weighted by molar-refractivity contribution is 0.356. The number of rotatable bonds is 4. The van der Waals surface area contributed by atoms with E-state index in [9.17, 15) is 8.42 Å². The lowest BCUT2D eigenvalue weighted by Crippen LogP contribution is -2.07. The van der Waals surface area contributed by atoms with Crippen LogP contribution in [0.15, 0.2) is 38.3 Å². The van der Waals surface area contributed by atoms with Crippen molar-refractivity contribution in [3.63, 3.8) is 0 Å².